The van der Waals surface area contributed by atoms with Crippen molar-refractivity contribution >= 4 is 50.4 Å². The van der Waals surface area contributed by atoms with Gasteiger partial charge >= 0.3 is 0 Å². The van der Waals surface area contributed by atoms with Crippen LogP contribution in [0.5, 0.6) is 0 Å². The summed E-state index contributed by atoms with van der Waals surface area (Å²) in [6.45, 7) is 24.1. The molecule has 0 fully saturated rings. The lowest BCUT2D eigenvalue weighted by Crippen LogP contribution is -1.94. The van der Waals surface area contributed by atoms with Crippen molar-refractivity contribution in [2.45, 2.75) is 40.5 Å². The van der Waals surface area contributed by atoms with Gasteiger partial charge < -0.3 is 18.9 Å². The average Bonchev–Trinajstić information content (AvgIpc) is 3.61. The fourth-order valence-corrected chi connectivity index (χ4v) is 6.27. The molecule has 2 aliphatic rings. The Hall–Kier alpha value is -4.92. The zero-order chi connectivity index (χ0) is 32.0. The molecule has 2 aliphatic heterocycles. The van der Waals surface area contributed by atoms with Gasteiger partial charge in [0, 0.05) is 54.6 Å². The van der Waals surface area contributed by atoms with Crippen molar-refractivity contribution < 1.29 is 20.3 Å². The summed E-state index contributed by atoms with van der Waals surface area (Å²) in [6.07, 6.45) is 4.30. The minimum atomic E-state index is 0.215. The summed E-state index contributed by atoms with van der Waals surface area (Å²) in [5.74, 6) is 0.440. The molecule has 0 saturated carbocycles. The highest BCUT2D eigenvalue weighted by atomic mass is 17.1. The van der Waals surface area contributed by atoms with Crippen molar-refractivity contribution in [2.24, 2.45) is 14.1 Å². The number of hydrogen-bond donors (Lipinski definition) is 2. The number of allylic oxidation sites excluding steroid dienone is 6. The summed E-state index contributed by atoms with van der Waals surface area (Å²) in [5, 5.41) is 18.7. The highest BCUT2D eigenvalue weighted by Gasteiger charge is 2.22. The molecule has 8 bridgehead atoms. The molecule has 0 amide bonds. The predicted molar refractivity (Wildman–Crippen MR) is 179 cm³/mol. The first-order valence-corrected chi connectivity index (χ1v) is 14.3. The summed E-state index contributed by atoms with van der Waals surface area (Å²) in [4.78, 5) is 19.2. The fourth-order valence-electron chi connectivity index (χ4n) is 6.27. The van der Waals surface area contributed by atoms with E-state index in [1.807, 2.05) is 46.2 Å². The Kier molecular flexibility index (Phi) is 8.07. The number of aromatic nitrogens is 4. The third-order valence-corrected chi connectivity index (χ3v) is 8.86. The van der Waals surface area contributed by atoms with Gasteiger partial charge in [-0.15, -0.1) is 0 Å². The van der Waals surface area contributed by atoms with E-state index in [0.29, 0.717) is 6.42 Å². The third-order valence-electron chi connectivity index (χ3n) is 8.86. The first kappa shape index (κ1) is 30.5. The second-order valence-electron chi connectivity index (χ2n) is 11.3. The highest BCUT2D eigenvalue weighted by molar-refractivity contribution is 5.98. The van der Waals surface area contributed by atoms with Crippen LogP contribution in [0.3, 0.4) is 0 Å². The number of hydrogen-bond acceptors (Lipinski definition) is 6. The topological polar surface area (TPSA) is 94.6 Å². The van der Waals surface area contributed by atoms with Crippen LogP contribution in [0.4, 0.5) is 0 Å². The third kappa shape index (κ3) is 4.92. The van der Waals surface area contributed by atoms with Crippen LogP contribution in [-0.2, 0) is 30.3 Å². The van der Waals surface area contributed by atoms with Gasteiger partial charge in [0.1, 0.15) is 11.5 Å². The molecule has 0 spiro atoms. The Bertz CT molecular complexity index is 2020. The Balaban J connectivity index is 2.04. The zero-order valence-corrected chi connectivity index (χ0v) is 26.2. The molecule has 0 saturated heterocycles. The van der Waals surface area contributed by atoms with E-state index in [-0.39, 0.29) is 17.9 Å². The molecular formula is C36H38N4O4. The number of aryl methyl sites for hydroxylation is 4. The van der Waals surface area contributed by atoms with Crippen LogP contribution in [0.25, 0.3) is 50.4 Å². The van der Waals surface area contributed by atoms with Gasteiger partial charge in [0.05, 0.1) is 28.3 Å². The maximum Gasteiger partial charge on any atom is 0.139 e. The van der Waals surface area contributed by atoms with Crippen LogP contribution >= 0.6 is 0 Å². The van der Waals surface area contributed by atoms with Crippen LogP contribution < -0.4 is 0 Å². The van der Waals surface area contributed by atoms with Crippen molar-refractivity contribution in [3.63, 3.8) is 0 Å². The van der Waals surface area contributed by atoms with Gasteiger partial charge in [0.15, 0.2) is 0 Å². The maximum atomic E-state index is 9.37. The molecule has 44 heavy (non-hydrogen) atoms. The van der Waals surface area contributed by atoms with E-state index >= 15 is 0 Å². The molecule has 2 N–H and O–H groups in total. The minimum Gasteiger partial charge on any atom is -0.345 e. The lowest BCUT2D eigenvalue weighted by atomic mass is 10.0. The fraction of sp³-hybridized carbons (Fsp3) is 0.222. The monoisotopic (exact) mass is 590 g/mol. The Morgan fingerprint density at radius 1 is 0.705 bits per heavy atom. The molecule has 3 aromatic heterocycles. The first-order chi connectivity index (χ1) is 20.9. The summed E-state index contributed by atoms with van der Waals surface area (Å²) in [7, 11) is 4.02. The molecule has 0 aromatic carbocycles. The molecule has 5 heterocycles. The summed E-state index contributed by atoms with van der Waals surface area (Å²) < 4.78 is 4.22. The number of rotatable bonds is 8. The molecule has 0 radical (unpaired) electrons. The summed E-state index contributed by atoms with van der Waals surface area (Å²) in [6, 6.07) is 8.25. The van der Waals surface area contributed by atoms with Crippen LogP contribution in [-0.4, -0.2) is 29.6 Å². The molecule has 5 rings (SSSR count). The molecule has 0 unspecified atom stereocenters. The molecule has 226 valence electrons. The van der Waals surface area contributed by atoms with Crippen molar-refractivity contribution in [3.05, 3.63) is 113 Å². The molecule has 8 heteroatoms. The van der Waals surface area contributed by atoms with E-state index in [4.69, 9.17) is 9.97 Å². The van der Waals surface area contributed by atoms with Crippen LogP contribution in [0.2, 0.25) is 0 Å². The maximum absolute atomic E-state index is 9.37. The Labute approximate surface area is 257 Å². The molecule has 0 atom stereocenters. The normalized spacial score (nSPS) is 12.9. The summed E-state index contributed by atoms with van der Waals surface area (Å²) >= 11 is 0. The van der Waals surface area contributed by atoms with Crippen LogP contribution in [0.1, 0.15) is 65.3 Å². The molecule has 3 aromatic rings. The van der Waals surface area contributed by atoms with E-state index in [1.165, 1.54) is 0 Å². The van der Waals surface area contributed by atoms with Crippen molar-refractivity contribution in [2.75, 3.05) is 0 Å². The molecule has 0 aliphatic carbocycles. The van der Waals surface area contributed by atoms with Gasteiger partial charge in [-0.1, -0.05) is 38.5 Å². The molecule has 8 nitrogen and oxygen atoms in total. The quantitative estimate of drug-likeness (QED) is 0.155. The van der Waals surface area contributed by atoms with Gasteiger partial charge in [-0.05, 0) is 85.4 Å². The van der Waals surface area contributed by atoms with Gasteiger partial charge in [-0.3, -0.25) is 0 Å². The van der Waals surface area contributed by atoms with Crippen LogP contribution in [0, 0.1) is 13.8 Å². The zero-order valence-electron chi connectivity index (χ0n) is 26.2. The Morgan fingerprint density at radius 2 is 1.23 bits per heavy atom. The largest absolute Gasteiger partial charge is 0.345 e. The first-order valence-electron chi connectivity index (χ1n) is 14.3. The molecular weight excluding hydrogens is 552 g/mol. The van der Waals surface area contributed by atoms with Crippen molar-refractivity contribution in [1.29, 1.82) is 0 Å². The standard InChI is InChI=1S/C36H38N4O4/c1-11-25-21(5)29-15-35-26(12-2)23(7)33(39(35)9)18-32-27(13-19(3)43-41)22(6)30(38-32)16-36-28(14-20(4)44-42)24(8)34(40(36)10)17-31(25)37-29/h11-12,15-18,41-42H,1-4,13-14H2,5-10H3. The van der Waals surface area contributed by atoms with E-state index in [1.54, 1.807) is 0 Å². The Morgan fingerprint density at radius 3 is 1.86 bits per heavy atom. The van der Waals surface area contributed by atoms with E-state index < -0.39 is 0 Å². The van der Waals surface area contributed by atoms with Gasteiger partial charge in [-0.25, -0.2) is 20.5 Å². The second-order valence-corrected chi connectivity index (χ2v) is 11.3. The van der Waals surface area contributed by atoms with Gasteiger partial charge in [0.2, 0.25) is 0 Å². The van der Waals surface area contributed by atoms with Crippen molar-refractivity contribution in [1.82, 2.24) is 19.1 Å². The SMILES string of the molecule is C=CC1=C(C)c2cc3c(C=C)c(C)c(cc4nc(cc5c(CC(=C)OO)c(C)c(cc1n2)n5C)C(C)=C4CC(=C)OO)n3C. The van der Waals surface area contributed by atoms with E-state index in [0.717, 1.165) is 89.4 Å². The average molecular weight is 591 g/mol. The summed E-state index contributed by atoms with van der Waals surface area (Å²) in [5.41, 5.74) is 14.7. The number of fused-ring (bicyclic) bond motifs is 8. The van der Waals surface area contributed by atoms with Gasteiger partial charge in [-0.2, -0.15) is 0 Å². The predicted octanol–water partition coefficient (Wildman–Crippen LogP) is 8.58. The van der Waals surface area contributed by atoms with E-state index in [2.05, 4.69) is 77.3 Å². The second kappa shape index (κ2) is 11.6. The van der Waals surface area contributed by atoms with E-state index in [9.17, 15) is 10.5 Å². The highest BCUT2D eigenvalue weighted by Crippen LogP contribution is 2.38. The smallest absolute Gasteiger partial charge is 0.139 e. The lowest BCUT2D eigenvalue weighted by Gasteiger charge is -2.06. The number of nitrogens with zero attached hydrogens (tertiary/aromatic N) is 4. The minimum absolute atomic E-state index is 0.215. The lowest BCUT2D eigenvalue weighted by molar-refractivity contribution is -0.204. The van der Waals surface area contributed by atoms with Crippen LogP contribution in [0.15, 0.2) is 68.2 Å². The van der Waals surface area contributed by atoms with Gasteiger partial charge in [0.25, 0.3) is 0 Å². The van der Waals surface area contributed by atoms with Crippen molar-refractivity contribution in [3.8, 4) is 0 Å².